The van der Waals surface area contributed by atoms with Crippen molar-refractivity contribution in [2.45, 2.75) is 45.2 Å². The number of piperidine rings is 2. The van der Waals surface area contributed by atoms with Crippen molar-refractivity contribution in [3.63, 3.8) is 0 Å². The van der Waals surface area contributed by atoms with E-state index in [2.05, 4.69) is 70.7 Å². The Balaban J connectivity index is 1.23. The van der Waals surface area contributed by atoms with Gasteiger partial charge in [-0.1, -0.05) is 54.3 Å². The summed E-state index contributed by atoms with van der Waals surface area (Å²) in [6.45, 7) is 6.51. The largest absolute Gasteiger partial charge is 0.352 e. The minimum absolute atomic E-state index is 0.00129. The highest BCUT2D eigenvalue weighted by Crippen LogP contribution is 2.32. The number of rotatable bonds is 5. The summed E-state index contributed by atoms with van der Waals surface area (Å²) in [5.74, 6) is 7.29. The molecular weight excluding hydrogens is 461 g/mol. The Morgan fingerprint density at radius 3 is 2.54 bits per heavy atom. The van der Waals surface area contributed by atoms with Crippen molar-refractivity contribution in [1.82, 2.24) is 15.5 Å². The number of amides is 1. The lowest BCUT2D eigenvalue weighted by Crippen LogP contribution is -2.41. The quantitative estimate of drug-likeness (QED) is 0.463. The number of nitrogens with zero attached hydrogens (tertiary/aromatic N) is 1. The fourth-order valence-corrected chi connectivity index (χ4v) is 5.67. The molecule has 1 atom stereocenters. The number of hydrogen-bond donors (Lipinski definition) is 2. The van der Waals surface area contributed by atoms with Gasteiger partial charge in [-0.05, 0) is 98.9 Å². The molecule has 1 amide bonds. The lowest BCUT2D eigenvalue weighted by Gasteiger charge is -2.36. The number of nitrogens with one attached hydrogen (secondary N) is 2. The van der Waals surface area contributed by atoms with Gasteiger partial charge in [-0.25, -0.2) is 4.39 Å². The number of carbonyl (C=O) groups is 1. The summed E-state index contributed by atoms with van der Waals surface area (Å²) in [7, 11) is 0. The zero-order valence-corrected chi connectivity index (χ0v) is 21.6. The zero-order chi connectivity index (χ0) is 25.6. The fraction of sp³-hybridized carbons (Fsp3) is 0.406. The van der Waals surface area contributed by atoms with Gasteiger partial charge in [0.2, 0.25) is 5.91 Å². The zero-order valence-electron chi connectivity index (χ0n) is 21.6. The summed E-state index contributed by atoms with van der Waals surface area (Å²) in [4.78, 5) is 15.2. The lowest BCUT2D eigenvalue weighted by atomic mass is 9.91. The van der Waals surface area contributed by atoms with E-state index in [1.54, 1.807) is 6.07 Å². The van der Waals surface area contributed by atoms with E-state index in [4.69, 9.17) is 0 Å². The maximum atomic E-state index is 13.4. The molecule has 192 valence electrons. The van der Waals surface area contributed by atoms with Crippen molar-refractivity contribution in [3.8, 4) is 11.8 Å². The minimum Gasteiger partial charge on any atom is -0.352 e. The Labute approximate surface area is 219 Å². The number of likely N-dealkylation sites (tertiary alicyclic amines) is 1. The van der Waals surface area contributed by atoms with Gasteiger partial charge in [0, 0.05) is 30.0 Å². The van der Waals surface area contributed by atoms with Crippen LogP contribution in [0, 0.1) is 29.5 Å². The van der Waals surface area contributed by atoms with Gasteiger partial charge in [-0.3, -0.25) is 9.69 Å². The number of halogens is 1. The Morgan fingerprint density at radius 1 is 1.03 bits per heavy atom. The summed E-state index contributed by atoms with van der Waals surface area (Å²) in [6.07, 6.45) is 3.91. The third-order valence-corrected chi connectivity index (χ3v) is 7.96. The molecule has 0 radical (unpaired) electrons. The van der Waals surface area contributed by atoms with Gasteiger partial charge in [0.25, 0.3) is 0 Å². The van der Waals surface area contributed by atoms with Gasteiger partial charge in [0.15, 0.2) is 0 Å². The second-order valence-electron chi connectivity index (χ2n) is 10.4. The third kappa shape index (κ3) is 6.21. The molecule has 37 heavy (non-hydrogen) atoms. The van der Waals surface area contributed by atoms with Crippen LogP contribution in [0.3, 0.4) is 0 Å². The second kappa shape index (κ2) is 11.9. The van der Waals surface area contributed by atoms with Crippen LogP contribution < -0.4 is 10.6 Å². The van der Waals surface area contributed by atoms with Crippen LogP contribution in [0.5, 0.6) is 0 Å². The molecule has 3 aromatic carbocycles. The van der Waals surface area contributed by atoms with E-state index >= 15 is 0 Å². The summed E-state index contributed by atoms with van der Waals surface area (Å²) in [5, 5.41) is 8.90. The molecule has 0 bridgehead atoms. The Morgan fingerprint density at radius 2 is 1.78 bits per heavy atom. The van der Waals surface area contributed by atoms with E-state index in [1.807, 2.05) is 6.07 Å². The maximum Gasteiger partial charge on any atom is 0.223 e. The first-order valence-corrected chi connectivity index (χ1v) is 13.6. The molecule has 3 aromatic rings. The molecule has 2 saturated heterocycles. The first kappa shape index (κ1) is 25.4. The highest BCUT2D eigenvalue weighted by molar-refractivity contribution is 5.91. The van der Waals surface area contributed by atoms with E-state index < -0.39 is 0 Å². The van der Waals surface area contributed by atoms with Crippen LogP contribution in [0.4, 0.5) is 4.39 Å². The van der Waals surface area contributed by atoms with Gasteiger partial charge in [0.1, 0.15) is 5.82 Å². The Hall–Kier alpha value is -3.20. The standard InChI is InChI=1S/C32H36FN3O/c1-23(36-19-15-27(16-20-36)32(37)35-22-25-5-4-6-28(33)21-25)29-12-11-26(30-7-2-3-8-31(29)30)10-9-24-13-17-34-18-14-24/h2-8,11-12,21,23-24,27,34H,13-20,22H2,1H3,(H,35,37). The van der Waals surface area contributed by atoms with Crippen molar-refractivity contribution in [2.75, 3.05) is 26.2 Å². The van der Waals surface area contributed by atoms with Gasteiger partial charge < -0.3 is 10.6 Å². The number of benzene rings is 3. The van der Waals surface area contributed by atoms with Crippen LogP contribution in [-0.2, 0) is 11.3 Å². The van der Waals surface area contributed by atoms with Gasteiger partial charge in [-0.15, -0.1) is 0 Å². The van der Waals surface area contributed by atoms with Crippen molar-refractivity contribution < 1.29 is 9.18 Å². The number of fused-ring (bicyclic) bond motifs is 1. The molecule has 0 aromatic heterocycles. The number of carbonyl (C=O) groups excluding carboxylic acids is 1. The van der Waals surface area contributed by atoms with Gasteiger partial charge in [0.05, 0.1) is 0 Å². The summed E-state index contributed by atoms with van der Waals surface area (Å²) in [6, 6.07) is 19.7. The average molecular weight is 498 g/mol. The normalized spacial score (nSPS) is 18.2. The molecular formula is C32H36FN3O. The highest BCUT2D eigenvalue weighted by atomic mass is 19.1. The number of hydrogen-bond acceptors (Lipinski definition) is 3. The smallest absolute Gasteiger partial charge is 0.223 e. The molecule has 2 fully saturated rings. The van der Waals surface area contributed by atoms with Crippen LogP contribution in [0.25, 0.3) is 10.8 Å². The fourth-order valence-electron chi connectivity index (χ4n) is 5.67. The van der Waals surface area contributed by atoms with Crippen LogP contribution >= 0.6 is 0 Å². The first-order chi connectivity index (χ1) is 18.1. The minimum atomic E-state index is -0.275. The summed E-state index contributed by atoms with van der Waals surface area (Å²) in [5.41, 5.74) is 3.21. The van der Waals surface area contributed by atoms with Gasteiger partial charge in [-0.2, -0.15) is 0 Å². The molecule has 5 rings (SSSR count). The van der Waals surface area contributed by atoms with Crippen LogP contribution in [-0.4, -0.2) is 37.0 Å². The third-order valence-electron chi connectivity index (χ3n) is 7.96. The van der Waals surface area contributed by atoms with E-state index in [1.165, 1.54) is 28.5 Å². The molecule has 1 unspecified atom stereocenters. The molecule has 2 N–H and O–H groups in total. The SMILES string of the molecule is CC(c1ccc(C#CC2CCNCC2)c2ccccc12)N1CCC(C(=O)NCc2cccc(F)c2)CC1. The Bertz CT molecular complexity index is 1300. The van der Waals surface area contributed by atoms with E-state index in [-0.39, 0.29) is 23.7 Å². The van der Waals surface area contributed by atoms with Crippen LogP contribution in [0.15, 0.2) is 60.7 Å². The predicted molar refractivity (Wildman–Crippen MR) is 147 cm³/mol. The Kier molecular flexibility index (Phi) is 8.18. The van der Waals surface area contributed by atoms with Crippen molar-refractivity contribution in [2.24, 2.45) is 11.8 Å². The van der Waals surface area contributed by atoms with Crippen LogP contribution in [0.2, 0.25) is 0 Å². The van der Waals surface area contributed by atoms with Crippen molar-refractivity contribution >= 4 is 16.7 Å². The van der Waals surface area contributed by atoms with E-state index in [0.717, 1.165) is 63.0 Å². The molecule has 2 heterocycles. The second-order valence-corrected chi connectivity index (χ2v) is 10.4. The highest BCUT2D eigenvalue weighted by Gasteiger charge is 2.28. The topological polar surface area (TPSA) is 44.4 Å². The summed E-state index contributed by atoms with van der Waals surface area (Å²) < 4.78 is 13.4. The lowest BCUT2D eigenvalue weighted by molar-refractivity contribution is -0.126. The maximum absolute atomic E-state index is 13.4. The predicted octanol–water partition coefficient (Wildman–Crippen LogP) is 5.42. The molecule has 0 aliphatic carbocycles. The van der Waals surface area contributed by atoms with E-state index in [9.17, 15) is 9.18 Å². The molecule has 5 heteroatoms. The molecule has 0 saturated carbocycles. The van der Waals surface area contributed by atoms with E-state index in [0.29, 0.717) is 12.5 Å². The molecule has 2 aliphatic rings. The van der Waals surface area contributed by atoms with Crippen molar-refractivity contribution in [1.29, 1.82) is 0 Å². The molecule has 0 spiro atoms. The monoisotopic (exact) mass is 497 g/mol. The molecule has 4 nitrogen and oxygen atoms in total. The molecule has 2 aliphatic heterocycles. The summed E-state index contributed by atoms with van der Waals surface area (Å²) >= 11 is 0. The van der Waals surface area contributed by atoms with Gasteiger partial charge >= 0.3 is 0 Å². The van der Waals surface area contributed by atoms with Crippen LogP contribution in [0.1, 0.15) is 55.3 Å². The van der Waals surface area contributed by atoms with Crippen molar-refractivity contribution in [3.05, 3.63) is 83.2 Å². The average Bonchev–Trinajstić information content (AvgIpc) is 2.95. The first-order valence-electron chi connectivity index (χ1n) is 13.6.